The van der Waals surface area contributed by atoms with Crippen molar-refractivity contribution in [1.82, 2.24) is 19.5 Å². The normalized spacial score (nSPS) is 18.1. The van der Waals surface area contributed by atoms with Crippen molar-refractivity contribution >= 4 is 28.6 Å². The Kier molecular flexibility index (Phi) is 8.05. The highest BCUT2D eigenvalue weighted by Gasteiger charge is 2.21. The monoisotopic (exact) mass is 467 g/mol. The van der Waals surface area contributed by atoms with Gasteiger partial charge in [0.1, 0.15) is 11.5 Å². The molecular weight excluding hydrogens is 430 g/mol. The number of aromatic nitrogens is 4. The topological polar surface area (TPSA) is 112 Å². The number of hydrogen-bond acceptors (Lipinski definition) is 8. The van der Waals surface area contributed by atoms with Crippen LogP contribution in [0.3, 0.4) is 0 Å². The van der Waals surface area contributed by atoms with Gasteiger partial charge in [0.25, 0.3) is 0 Å². The van der Waals surface area contributed by atoms with Crippen LogP contribution in [-0.2, 0) is 6.54 Å². The van der Waals surface area contributed by atoms with Gasteiger partial charge in [-0.15, -0.1) is 0 Å². The number of nitrogens with one attached hydrogen (secondary N) is 2. The number of anilines is 3. The lowest BCUT2D eigenvalue weighted by atomic mass is 9.92. The van der Waals surface area contributed by atoms with Gasteiger partial charge in [0.15, 0.2) is 17.0 Å². The molecule has 2 aromatic heterocycles. The molecule has 34 heavy (non-hydrogen) atoms. The van der Waals surface area contributed by atoms with Crippen molar-refractivity contribution < 1.29 is 9.47 Å². The number of nitrogens with two attached hydrogens (primary N) is 1. The predicted octanol–water partition coefficient (Wildman–Crippen LogP) is 4.85. The van der Waals surface area contributed by atoms with E-state index in [9.17, 15) is 0 Å². The highest BCUT2D eigenvalue weighted by Crippen LogP contribution is 2.31. The van der Waals surface area contributed by atoms with Crippen molar-refractivity contribution in [3.63, 3.8) is 0 Å². The molecule has 1 aliphatic carbocycles. The van der Waals surface area contributed by atoms with Crippen LogP contribution in [0, 0.1) is 0 Å². The fraction of sp³-hybridized carbons (Fsp3) is 0.560. The van der Waals surface area contributed by atoms with Crippen molar-refractivity contribution in [2.45, 2.75) is 76.9 Å². The molecule has 0 saturated heterocycles. The van der Waals surface area contributed by atoms with Crippen LogP contribution in [0.2, 0.25) is 0 Å². The lowest BCUT2D eigenvalue weighted by molar-refractivity contribution is 0.395. The Hall–Kier alpha value is -3.07. The molecule has 4 N–H and O–H groups in total. The van der Waals surface area contributed by atoms with Gasteiger partial charge in [0, 0.05) is 42.5 Å². The third-order valence-electron chi connectivity index (χ3n) is 6.44. The molecule has 9 nitrogen and oxygen atoms in total. The summed E-state index contributed by atoms with van der Waals surface area (Å²) in [5.74, 6) is 2.67. The van der Waals surface area contributed by atoms with E-state index in [0.29, 0.717) is 35.3 Å². The van der Waals surface area contributed by atoms with Crippen molar-refractivity contribution in [2.24, 2.45) is 5.73 Å². The van der Waals surface area contributed by atoms with Gasteiger partial charge < -0.3 is 30.4 Å². The quantitative estimate of drug-likeness (QED) is 0.343. The Morgan fingerprint density at radius 1 is 1.00 bits per heavy atom. The SMILES string of the molecule is CCCCCCn1cnc2c(Nc3cc(OC)cc(OC)c3)nc(NC3CCC(N)CC3)nc21. The largest absolute Gasteiger partial charge is 0.497 e. The van der Waals surface area contributed by atoms with Gasteiger partial charge in [-0.2, -0.15) is 9.97 Å². The molecule has 1 saturated carbocycles. The van der Waals surface area contributed by atoms with Crippen LogP contribution < -0.4 is 25.8 Å². The lowest BCUT2D eigenvalue weighted by Gasteiger charge is -2.26. The smallest absolute Gasteiger partial charge is 0.227 e. The molecule has 1 aliphatic rings. The van der Waals surface area contributed by atoms with Crippen LogP contribution >= 0.6 is 0 Å². The van der Waals surface area contributed by atoms with Crippen LogP contribution in [-0.4, -0.2) is 45.8 Å². The maximum Gasteiger partial charge on any atom is 0.227 e. The Morgan fingerprint density at radius 2 is 1.74 bits per heavy atom. The van der Waals surface area contributed by atoms with Gasteiger partial charge in [-0.3, -0.25) is 0 Å². The molecule has 0 aliphatic heterocycles. The molecule has 0 spiro atoms. The van der Waals surface area contributed by atoms with Gasteiger partial charge in [0.05, 0.1) is 20.5 Å². The van der Waals surface area contributed by atoms with Crippen LogP contribution in [0.25, 0.3) is 11.2 Å². The molecule has 0 radical (unpaired) electrons. The van der Waals surface area contributed by atoms with E-state index < -0.39 is 0 Å². The third kappa shape index (κ3) is 5.88. The van der Waals surface area contributed by atoms with Gasteiger partial charge >= 0.3 is 0 Å². The average molecular weight is 468 g/mol. The summed E-state index contributed by atoms with van der Waals surface area (Å²) in [7, 11) is 3.28. The van der Waals surface area contributed by atoms with Crippen molar-refractivity contribution in [1.29, 1.82) is 0 Å². The van der Waals surface area contributed by atoms with Gasteiger partial charge in [-0.25, -0.2) is 4.98 Å². The summed E-state index contributed by atoms with van der Waals surface area (Å²) in [6.07, 6.45) is 10.7. The van der Waals surface area contributed by atoms with E-state index in [4.69, 9.17) is 25.2 Å². The zero-order valence-corrected chi connectivity index (χ0v) is 20.5. The minimum absolute atomic E-state index is 0.297. The summed E-state index contributed by atoms with van der Waals surface area (Å²) in [5, 5.41) is 6.97. The zero-order chi connectivity index (χ0) is 23.9. The number of unbranched alkanes of at least 4 members (excludes halogenated alkanes) is 3. The van der Waals surface area contributed by atoms with E-state index in [0.717, 1.165) is 55.5 Å². The number of ether oxygens (including phenoxy) is 2. The fourth-order valence-electron chi connectivity index (χ4n) is 4.43. The number of benzene rings is 1. The fourth-order valence-corrected chi connectivity index (χ4v) is 4.43. The summed E-state index contributed by atoms with van der Waals surface area (Å²) in [6.45, 7) is 3.11. The first-order chi connectivity index (χ1) is 16.6. The number of nitrogens with zero attached hydrogens (tertiary/aromatic N) is 4. The number of methoxy groups -OCH3 is 2. The van der Waals surface area contributed by atoms with Gasteiger partial charge in [-0.05, 0) is 32.1 Å². The van der Waals surface area contributed by atoms with E-state index in [2.05, 4.69) is 27.1 Å². The molecular formula is C25H37N7O2. The second kappa shape index (κ2) is 11.4. The minimum atomic E-state index is 0.297. The molecule has 1 aromatic carbocycles. The standard InChI is InChI=1S/C25H37N7O2/c1-4-5-6-7-12-32-16-27-22-23(28-19-13-20(33-2)15-21(14-19)34-3)30-25(31-24(22)32)29-18-10-8-17(26)9-11-18/h13-18H,4-12,26H2,1-3H3,(H2,28,29,30,31). The molecule has 0 bridgehead atoms. The van der Waals surface area contributed by atoms with E-state index >= 15 is 0 Å². The zero-order valence-electron chi connectivity index (χ0n) is 20.5. The number of hydrogen-bond donors (Lipinski definition) is 3. The van der Waals surface area contributed by atoms with Gasteiger partial charge in [-0.1, -0.05) is 26.2 Å². The van der Waals surface area contributed by atoms with Crippen LogP contribution in [0.15, 0.2) is 24.5 Å². The molecule has 9 heteroatoms. The Morgan fingerprint density at radius 3 is 2.41 bits per heavy atom. The maximum absolute atomic E-state index is 6.09. The summed E-state index contributed by atoms with van der Waals surface area (Å²) in [6, 6.07) is 6.28. The molecule has 0 unspecified atom stereocenters. The summed E-state index contributed by atoms with van der Waals surface area (Å²) < 4.78 is 13.0. The maximum atomic E-state index is 6.09. The average Bonchev–Trinajstić information content (AvgIpc) is 3.26. The van der Waals surface area contributed by atoms with E-state index in [-0.39, 0.29) is 0 Å². The second-order valence-electron chi connectivity index (χ2n) is 9.05. The highest BCUT2D eigenvalue weighted by atomic mass is 16.5. The summed E-state index contributed by atoms with van der Waals surface area (Å²) >= 11 is 0. The van der Waals surface area contributed by atoms with Crippen molar-refractivity contribution in [3.05, 3.63) is 24.5 Å². The van der Waals surface area contributed by atoms with E-state index in [1.165, 1.54) is 19.3 Å². The first-order valence-corrected chi connectivity index (χ1v) is 12.3. The first-order valence-electron chi connectivity index (χ1n) is 12.3. The molecule has 0 atom stereocenters. The Balaban J connectivity index is 1.65. The first kappa shape index (κ1) is 24.1. The minimum Gasteiger partial charge on any atom is -0.497 e. The van der Waals surface area contributed by atoms with Crippen LogP contribution in [0.4, 0.5) is 17.5 Å². The highest BCUT2D eigenvalue weighted by molar-refractivity contribution is 5.86. The predicted molar refractivity (Wildman–Crippen MR) is 136 cm³/mol. The lowest BCUT2D eigenvalue weighted by Crippen LogP contribution is -2.33. The number of imidazole rings is 1. The number of aryl methyl sites for hydroxylation is 1. The third-order valence-corrected chi connectivity index (χ3v) is 6.44. The Labute approximate surface area is 201 Å². The van der Waals surface area contributed by atoms with Gasteiger partial charge in [0.2, 0.25) is 5.95 Å². The van der Waals surface area contributed by atoms with E-state index in [1.807, 2.05) is 24.5 Å². The summed E-state index contributed by atoms with van der Waals surface area (Å²) in [4.78, 5) is 14.4. The van der Waals surface area contributed by atoms with Crippen molar-refractivity contribution in [3.8, 4) is 11.5 Å². The van der Waals surface area contributed by atoms with E-state index in [1.54, 1.807) is 14.2 Å². The Bertz CT molecular complexity index is 1050. The second-order valence-corrected chi connectivity index (χ2v) is 9.05. The molecule has 1 fully saturated rings. The molecule has 0 amide bonds. The molecule has 4 rings (SSSR count). The number of rotatable bonds is 11. The molecule has 2 heterocycles. The van der Waals surface area contributed by atoms with Crippen molar-refractivity contribution in [2.75, 3.05) is 24.9 Å². The van der Waals surface area contributed by atoms with Crippen LogP contribution in [0.1, 0.15) is 58.3 Å². The van der Waals surface area contributed by atoms with Crippen LogP contribution in [0.5, 0.6) is 11.5 Å². The number of fused-ring (bicyclic) bond motifs is 1. The molecule has 3 aromatic rings. The molecule has 184 valence electrons. The summed E-state index contributed by atoms with van der Waals surface area (Å²) in [5.41, 5.74) is 8.48.